The normalized spacial score (nSPS) is 13.8. The highest BCUT2D eigenvalue weighted by Crippen LogP contribution is 2.38. The van der Waals surface area contributed by atoms with Crippen molar-refractivity contribution in [2.24, 2.45) is 0 Å². The number of piperidine rings is 1. The molecule has 1 N–H and O–H groups in total. The van der Waals surface area contributed by atoms with Crippen LogP contribution in [0.4, 0.5) is 0 Å². The minimum Gasteiger partial charge on any atom is -0.488 e. The first-order valence-corrected chi connectivity index (χ1v) is 18.8. The fraction of sp³-hybridized carbons (Fsp3) is 0.286. The molecule has 0 amide bonds. The van der Waals surface area contributed by atoms with E-state index in [1.54, 1.807) is 11.8 Å². The van der Waals surface area contributed by atoms with E-state index in [0.29, 0.717) is 37.2 Å². The minimum absolute atomic E-state index is 0.250. The van der Waals surface area contributed by atoms with Crippen molar-refractivity contribution in [1.29, 1.82) is 0 Å². The molecule has 0 bridgehead atoms. The van der Waals surface area contributed by atoms with Crippen LogP contribution in [0.1, 0.15) is 47.1 Å². The van der Waals surface area contributed by atoms with Crippen LogP contribution in [-0.4, -0.2) is 47.8 Å². The van der Waals surface area contributed by atoms with Gasteiger partial charge in [0.2, 0.25) is 0 Å². The molecule has 1 aromatic heterocycles. The molecule has 3 heterocycles. The van der Waals surface area contributed by atoms with E-state index in [4.69, 9.17) is 40.4 Å². The molecule has 2 aliphatic heterocycles. The lowest BCUT2D eigenvalue weighted by Gasteiger charge is -2.27. The van der Waals surface area contributed by atoms with Gasteiger partial charge in [0.15, 0.2) is 11.5 Å². The second-order valence-corrected chi connectivity index (χ2v) is 14.1. The average Bonchev–Trinajstić information content (AvgIpc) is 3.18. The van der Waals surface area contributed by atoms with Crippen molar-refractivity contribution in [1.82, 2.24) is 9.88 Å². The van der Waals surface area contributed by atoms with E-state index in [1.165, 1.54) is 24.8 Å². The number of rotatable bonds is 12. The maximum atomic E-state index is 8.36. The first-order chi connectivity index (χ1) is 25.5. The maximum absolute atomic E-state index is 8.36. The summed E-state index contributed by atoms with van der Waals surface area (Å²) < 4.78 is 24.5. The number of fused-ring (bicyclic) bond motifs is 1. The number of likely N-dealkylation sites (tertiary alicyclic amines) is 1. The number of aromatic nitrogens is 1. The molecule has 0 radical (unpaired) electrons. The van der Waals surface area contributed by atoms with Gasteiger partial charge in [-0.15, -0.1) is 11.8 Å². The molecule has 1 saturated heterocycles. The molecule has 7 rings (SSSR count). The van der Waals surface area contributed by atoms with E-state index in [0.717, 1.165) is 80.9 Å². The zero-order valence-electron chi connectivity index (χ0n) is 29.3. The van der Waals surface area contributed by atoms with Crippen LogP contribution in [0.25, 0.3) is 11.1 Å². The summed E-state index contributed by atoms with van der Waals surface area (Å²) in [5, 5.41) is 7.47. The third-order valence-electron chi connectivity index (χ3n) is 9.05. The standard InChI is InChI=1S/C41H41ClN2O4S.CH2O2/c1-29-33(11-8-12-36(29)32-13-14-38-41(21-32)46-18-17-45-38)27-48-40-22-39(34(20-37(40)42)25-44-15-6-3-7-16-44)47-26-31-19-35(24-43-23-31)49-28-30-9-4-2-5-10-30;2-1-3/h2,4-5,8-14,19-24H,3,6-7,15-18,25-28H2,1H3;1H,(H,2,3). The Hall–Kier alpha value is -4.70. The molecule has 2 aliphatic rings. The quantitative estimate of drug-likeness (QED) is 0.0993. The highest BCUT2D eigenvalue weighted by Gasteiger charge is 2.18. The van der Waals surface area contributed by atoms with Crippen LogP contribution in [0.2, 0.25) is 5.02 Å². The molecule has 0 saturated carbocycles. The van der Waals surface area contributed by atoms with Crippen molar-refractivity contribution in [3.8, 4) is 34.1 Å². The predicted molar refractivity (Wildman–Crippen MR) is 206 cm³/mol. The Bertz CT molecular complexity index is 1940. The number of thioether (sulfide) groups is 1. The fourth-order valence-corrected chi connectivity index (χ4v) is 7.48. The summed E-state index contributed by atoms with van der Waals surface area (Å²) in [5.74, 6) is 3.85. The molecule has 4 aromatic carbocycles. The van der Waals surface area contributed by atoms with Gasteiger partial charge in [0.25, 0.3) is 6.47 Å². The zero-order valence-corrected chi connectivity index (χ0v) is 30.8. The number of hydrogen-bond acceptors (Lipinski definition) is 8. The molecule has 52 heavy (non-hydrogen) atoms. The van der Waals surface area contributed by atoms with Crippen molar-refractivity contribution in [3.63, 3.8) is 0 Å². The van der Waals surface area contributed by atoms with Crippen molar-refractivity contribution in [2.45, 2.75) is 56.6 Å². The van der Waals surface area contributed by atoms with Crippen LogP contribution in [0.3, 0.4) is 0 Å². The Kier molecular flexibility index (Phi) is 13.3. The highest BCUT2D eigenvalue weighted by atomic mass is 35.5. The summed E-state index contributed by atoms with van der Waals surface area (Å²) in [6.45, 7) is 6.74. The fourth-order valence-electron chi connectivity index (χ4n) is 6.35. The van der Waals surface area contributed by atoms with Crippen LogP contribution in [0.15, 0.2) is 102 Å². The topological polar surface area (TPSA) is 90.4 Å². The van der Waals surface area contributed by atoms with Gasteiger partial charge >= 0.3 is 0 Å². The zero-order chi connectivity index (χ0) is 36.1. The number of carbonyl (C=O) groups is 1. The van der Waals surface area contributed by atoms with Crippen LogP contribution in [-0.2, 0) is 30.3 Å². The summed E-state index contributed by atoms with van der Waals surface area (Å²) >= 11 is 8.68. The Balaban J connectivity index is 0.00000150. The molecule has 0 aliphatic carbocycles. The lowest BCUT2D eigenvalue weighted by atomic mass is 9.96. The number of nitrogens with zero attached hydrogens (tertiary/aromatic N) is 2. The second kappa shape index (κ2) is 18.7. The van der Waals surface area contributed by atoms with Crippen molar-refractivity contribution >= 4 is 29.8 Å². The van der Waals surface area contributed by atoms with Gasteiger partial charge < -0.3 is 24.1 Å². The van der Waals surface area contributed by atoms with E-state index in [2.05, 4.69) is 77.5 Å². The van der Waals surface area contributed by atoms with Crippen LogP contribution >= 0.6 is 23.4 Å². The minimum atomic E-state index is -0.250. The molecule has 5 aromatic rings. The summed E-state index contributed by atoms with van der Waals surface area (Å²) in [7, 11) is 0. The smallest absolute Gasteiger partial charge is 0.290 e. The first-order valence-electron chi connectivity index (χ1n) is 17.5. The second-order valence-electron chi connectivity index (χ2n) is 12.7. The monoisotopic (exact) mass is 738 g/mol. The Labute approximate surface area is 314 Å². The van der Waals surface area contributed by atoms with Crippen molar-refractivity contribution in [3.05, 3.63) is 130 Å². The predicted octanol–water partition coefficient (Wildman–Crippen LogP) is 9.62. The molecule has 1 fully saturated rings. The van der Waals surface area contributed by atoms with Gasteiger partial charge in [-0.25, -0.2) is 0 Å². The van der Waals surface area contributed by atoms with Crippen LogP contribution in [0.5, 0.6) is 23.0 Å². The maximum Gasteiger partial charge on any atom is 0.290 e. The van der Waals surface area contributed by atoms with Gasteiger partial charge in [0, 0.05) is 46.8 Å². The average molecular weight is 739 g/mol. The number of carboxylic acid groups (broad SMARTS) is 1. The van der Waals surface area contributed by atoms with Crippen LogP contribution < -0.4 is 18.9 Å². The molecular formula is C42H43ClN2O6S. The van der Waals surface area contributed by atoms with E-state index >= 15 is 0 Å². The highest BCUT2D eigenvalue weighted by molar-refractivity contribution is 7.98. The van der Waals surface area contributed by atoms with Gasteiger partial charge in [-0.1, -0.05) is 72.6 Å². The largest absolute Gasteiger partial charge is 0.488 e. The molecule has 10 heteroatoms. The molecule has 0 spiro atoms. The van der Waals surface area contributed by atoms with Crippen molar-refractivity contribution in [2.75, 3.05) is 26.3 Å². The summed E-state index contributed by atoms with van der Waals surface area (Å²) in [6, 6.07) is 29.0. The summed E-state index contributed by atoms with van der Waals surface area (Å²) in [5.41, 5.74) is 7.81. The summed E-state index contributed by atoms with van der Waals surface area (Å²) in [4.78, 5) is 16.5. The Morgan fingerprint density at radius 1 is 0.827 bits per heavy atom. The van der Waals surface area contributed by atoms with Gasteiger partial charge in [0.1, 0.15) is 37.9 Å². The third-order valence-corrected chi connectivity index (χ3v) is 10.4. The van der Waals surface area contributed by atoms with Crippen LogP contribution in [0, 0.1) is 6.92 Å². The number of hydrogen-bond donors (Lipinski definition) is 1. The Morgan fingerprint density at radius 2 is 1.60 bits per heavy atom. The van der Waals surface area contributed by atoms with E-state index in [1.807, 2.05) is 36.7 Å². The molecule has 270 valence electrons. The Morgan fingerprint density at radius 3 is 2.40 bits per heavy atom. The molecule has 8 nitrogen and oxygen atoms in total. The summed E-state index contributed by atoms with van der Waals surface area (Å²) in [6.07, 6.45) is 7.51. The first kappa shape index (κ1) is 37.1. The number of benzene rings is 4. The number of ether oxygens (including phenoxy) is 4. The lowest BCUT2D eigenvalue weighted by Crippen LogP contribution is -2.29. The molecule has 0 unspecified atom stereocenters. The van der Waals surface area contributed by atoms with Gasteiger partial charge in [0.05, 0.1) is 5.02 Å². The SMILES string of the molecule is Cc1c(COc2cc(OCc3cncc(SCc4ccccc4)c3)c(CN3CCCCC3)cc2Cl)cccc1-c1ccc2c(c1)OCCO2.O=CO. The third kappa shape index (κ3) is 10.00. The van der Waals surface area contributed by atoms with E-state index in [9.17, 15) is 0 Å². The van der Waals surface area contributed by atoms with Gasteiger partial charge in [-0.3, -0.25) is 14.7 Å². The van der Waals surface area contributed by atoms with Gasteiger partial charge in [-0.2, -0.15) is 0 Å². The van der Waals surface area contributed by atoms with Crippen molar-refractivity contribution < 1.29 is 28.8 Å². The molecule has 0 atom stereocenters. The van der Waals surface area contributed by atoms with Gasteiger partial charge in [-0.05, 0) is 84.9 Å². The number of halogens is 1. The van der Waals surface area contributed by atoms with E-state index in [-0.39, 0.29) is 6.47 Å². The lowest BCUT2D eigenvalue weighted by molar-refractivity contribution is -0.122. The number of pyridine rings is 1. The molecular weight excluding hydrogens is 696 g/mol. The van der Waals surface area contributed by atoms with E-state index < -0.39 is 0 Å².